The zero-order valence-electron chi connectivity index (χ0n) is 9.91. The fraction of sp³-hybridized carbons (Fsp3) is 0.182. The van der Waals surface area contributed by atoms with E-state index in [1.54, 1.807) is 11.6 Å². The van der Waals surface area contributed by atoms with Crippen molar-refractivity contribution in [2.45, 2.75) is 6.92 Å². The number of benzene rings is 1. The number of hydrogen-bond donors (Lipinski definition) is 1. The van der Waals surface area contributed by atoms with Crippen molar-refractivity contribution >= 4 is 27.1 Å². The Bertz CT molecular complexity index is 672. The molecule has 2 heterocycles. The van der Waals surface area contributed by atoms with Gasteiger partial charge in [0.15, 0.2) is 5.82 Å². The van der Waals surface area contributed by atoms with E-state index >= 15 is 0 Å². The van der Waals surface area contributed by atoms with Gasteiger partial charge < -0.3 is 10.1 Å². The number of fused-ring (bicyclic) bond motifs is 1. The molecule has 0 amide bonds. The molecule has 0 unspecified atom stereocenters. The number of ether oxygens (including phenoxy) is 1. The molecule has 0 aliphatic heterocycles. The molecule has 3 aromatic rings. The second-order valence-electron chi connectivity index (χ2n) is 3.70. The molecular weight excluding hydrogens is 250 g/mol. The van der Waals surface area contributed by atoms with Gasteiger partial charge in [-0.3, -0.25) is 0 Å². The van der Waals surface area contributed by atoms with Crippen molar-refractivity contribution in [1.82, 2.24) is 19.8 Å². The van der Waals surface area contributed by atoms with E-state index in [0.717, 1.165) is 27.4 Å². The molecule has 0 saturated carbocycles. The van der Waals surface area contributed by atoms with Crippen LogP contribution in [0.1, 0.15) is 5.82 Å². The van der Waals surface area contributed by atoms with Gasteiger partial charge in [0.05, 0.1) is 7.11 Å². The van der Waals surface area contributed by atoms with Gasteiger partial charge in [-0.05, 0) is 31.2 Å². The highest BCUT2D eigenvalue weighted by Crippen LogP contribution is 2.24. The highest BCUT2D eigenvalue weighted by Gasteiger charge is 2.08. The summed E-state index contributed by atoms with van der Waals surface area (Å²) in [6.07, 6.45) is 0. The van der Waals surface area contributed by atoms with Crippen molar-refractivity contribution in [2.24, 2.45) is 0 Å². The van der Waals surface area contributed by atoms with Crippen LogP contribution >= 0.6 is 11.3 Å². The zero-order chi connectivity index (χ0) is 12.5. The second kappa shape index (κ2) is 4.26. The lowest BCUT2D eigenvalue weighted by atomic mass is 10.3. The van der Waals surface area contributed by atoms with Crippen molar-refractivity contribution in [1.29, 1.82) is 0 Å². The third-order valence-electron chi connectivity index (χ3n) is 2.49. The summed E-state index contributed by atoms with van der Waals surface area (Å²) in [7, 11) is 1.65. The number of rotatable bonds is 3. The van der Waals surface area contributed by atoms with Gasteiger partial charge in [-0.2, -0.15) is 4.52 Å². The fourth-order valence-corrected chi connectivity index (χ4v) is 2.37. The molecule has 0 bridgehead atoms. The molecule has 0 spiro atoms. The van der Waals surface area contributed by atoms with Crippen LogP contribution in [0.4, 0.5) is 10.8 Å². The van der Waals surface area contributed by atoms with Crippen molar-refractivity contribution < 1.29 is 4.74 Å². The smallest absolute Gasteiger partial charge is 0.236 e. The number of aromatic nitrogens is 4. The molecule has 0 aliphatic carbocycles. The maximum Gasteiger partial charge on any atom is 0.236 e. The Morgan fingerprint density at radius 1 is 1.22 bits per heavy atom. The van der Waals surface area contributed by atoms with Crippen LogP contribution in [0.25, 0.3) is 4.96 Å². The SMILES string of the molecule is COc1ccc(Nc2nn3c(C)nnc3s2)cc1. The third-order valence-corrected chi connectivity index (χ3v) is 3.30. The average molecular weight is 261 g/mol. The molecule has 3 rings (SSSR count). The van der Waals surface area contributed by atoms with Crippen molar-refractivity contribution in [3.63, 3.8) is 0 Å². The van der Waals surface area contributed by atoms with E-state index in [1.807, 2.05) is 31.2 Å². The number of aryl methyl sites for hydroxylation is 1. The van der Waals surface area contributed by atoms with Crippen molar-refractivity contribution in [3.8, 4) is 5.75 Å². The number of methoxy groups -OCH3 is 1. The standard InChI is InChI=1S/C11H11N5OS/c1-7-13-14-11-16(7)15-10(18-11)12-8-3-5-9(17-2)6-4-8/h3-6H,1-2H3,(H,12,15). The molecule has 92 valence electrons. The predicted octanol–water partition coefficient (Wildman–Crippen LogP) is 2.25. The van der Waals surface area contributed by atoms with E-state index in [4.69, 9.17) is 4.74 Å². The summed E-state index contributed by atoms with van der Waals surface area (Å²) < 4.78 is 6.83. The summed E-state index contributed by atoms with van der Waals surface area (Å²) >= 11 is 1.46. The molecule has 0 aliphatic rings. The zero-order valence-corrected chi connectivity index (χ0v) is 10.7. The minimum atomic E-state index is 0.781. The maximum absolute atomic E-state index is 5.11. The summed E-state index contributed by atoms with van der Waals surface area (Å²) in [5.74, 6) is 1.61. The lowest BCUT2D eigenvalue weighted by Crippen LogP contribution is -1.93. The molecule has 0 fully saturated rings. The monoisotopic (exact) mass is 261 g/mol. The highest BCUT2D eigenvalue weighted by molar-refractivity contribution is 7.20. The first-order chi connectivity index (χ1) is 8.76. The summed E-state index contributed by atoms with van der Waals surface area (Å²) in [5.41, 5.74) is 0.957. The Morgan fingerprint density at radius 3 is 2.67 bits per heavy atom. The predicted molar refractivity (Wildman–Crippen MR) is 69.7 cm³/mol. The van der Waals surface area contributed by atoms with E-state index < -0.39 is 0 Å². The van der Waals surface area contributed by atoms with Crippen LogP contribution in [0.5, 0.6) is 5.75 Å². The Hall–Kier alpha value is -2.15. The van der Waals surface area contributed by atoms with E-state index in [1.165, 1.54) is 11.3 Å². The molecule has 6 nitrogen and oxygen atoms in total. The van der Waals surface area contributed by atoms with Gasteiger partial charge in [-0.1, -0.05) is 11.3 Å². The van der Waals surface area contributed by atoms with Gasteiger partial charge in [-0.15, -0.1) is 15.3 Å². The molecule has 18 heavy (non-hydrogen) atoms. The Morgan fingerprint density at radius 2 is 2.00 bits per heavy atom. The lowest BCUT2D eigenvalue weighted by Gasteiger charge is -2.03. The highest BCUT2D eigenvalue weighted by atomic mass is 32.1. The quantitative estimate of drug-likeness (QED) is 0.783. The second-order valence-corrected chi connectivity index (χ2v) is 4.66. The molecular formula is C11H11N5OS. The van der Waals surface area contributed by atoms with Crippen LogP contribution in [0.3, 0.4) is 0 Å². The van der Waals surface area contributed by atoms with Gasteiger partial charge in [-0.25, -0.2) is 0 Å². The first-order valence-electron chi connectivity index (χ1n) is 5.36. The van der Waals surface area contributed by atoms with Gasteiger partial charge in [0, 0.05) is 5.69 Å². The van der Waals surface area contributed by atoms with E-state index in [0.29, 0.717) is 0 Å². The minimum absolute atomic E-state index is 0.781. The topological polar surface area (TPSA) is 64.3 Å². The fourth-order valence-electron chi connectivity index (χ4n) is 1.56. The van der Waals surface area contributed by atoms with Gasteiger partial charge in [0.25, 0.3) is 0 Å². The van der Waals surface area contributed by atoms with Crippen LogP contribution in [-0.4, -0.2) is 26.9 Å². The number of nitrogens with zero attached hydrogens (tertiary/aromatic N) is 4. The largest absolute Gasteiger partial charge is 0.497 e. The van der Waals surface area contributed by atoms with Gasteiger partial charge in [0.1, 0.15) is 5.75 Å². The molecule has 0 radical (unpaired) electrons. The summed E-state index contributed by atoms with van der Waals surface area (Å²) in [6, 6.07) is 7.67. The Balaban J connectivity index is 1.86. The number of anilines is 2. The van der Waals surface area contributed by atoms with Crippen LogP contribution in [0.15, 0.2) is 24.3 Å². The summed E-state index contributed by atoms with van der Waals surface area (Å²) in [4.78, 5) is 0.781. The van der Waals surface area contributed by atoms with Crippen LogP contribution < -0.4 is 10.1 Å². The van der Waals surface area contributed by atoms with Gasteiger partial charge in [0.2, 0.25) is 10.1 Å². The van der Waals surface area contributed by atoms with Crippen LogP contribution in [0, 0.1) is 6.92 Å². The normalized spacial score (nSPS) is 10.8. The Labute approximate surface area is 107 Å². The molecule has 1 N–H and O–H groups in total. The van der Waals surface area contributed by atoms with E-state index in [-0.39, 0.29) is 0 Å². The molecule has 1 aromatic carbocycles. The average Bonchev–Trinajstić information content (AvgIpc) is 2.93. The molecule has 7 heteroatoms. The lowest BCUT2D eigenvalue weighted by molar-refractivity contribution is 0.415. The summed E-state index contributed by atoms with van der Waals surface area (Å²) in [6.45, 7) is 1.87. The maximum atomic E-state index is 5.11. The minimum Gasteiger partial charge on any atom is -0.497 e. The first-order valence-corrected chi connectivity index (χ1v) is 6.18. The molecule has 0 saturated heterocycles. The number of hydrogen-bond acceptors (Lipinski definition) is 6. The number of nitrogens with one attached hydrogen (secondary N) is 1. The molecule has 0 atom stereocenters. The van der Waals surface area contributed by atoms with E-state index in [2.05, 4.69) is 20.6 Å². The van der Waals surface area contributed by atoms with Crippen LogP contribution in [-0.2, 0) is 0 Å². The third kappa shape index (κ3) is 1.88. The Kier molecular flexibility index (Phi) is 2.60. The van der Waals surface area contributed by atoms with Gasteiger partial charge >= 0.3 is 0 Å². The van der Waals surface area contributed by atoms with Crippen molar-refractivity contribution in [3.05, 3.63) is 30.1 Å². The van der Waals surface area contributed by atoms with E-state index in [9.17, 15) is 0 Å². The van der Waals surface area contributed by atoms with Crippen LogP contribution in [0.2, 0.25) is 0 Å². The first kappa shape index (κ1) is 11.0. The summed E-state index contributed by atoms with van der Waals surface area (Å²) in [5, 5.41) is 16.3. The molecule has 2 aromatic heterocycles. The van der Waals surface area contributed by atoms with Crippen molar-refractivity contribution in [2.75, 3.05) is 12.4 Å².